The zero-order valence-electron chi connectivity index (χ0n) is 25.0. The van der Waals surface area contributed by atoms with E-state index in [0.717, 1.165) is 19.4 Å². The topological polar surface area (TPSA) is 119 Å². The predicted octanol–water partition coefficient (Wildman–Crippen LogP) is 3.68. The molecule has 1 aromatic carbocycles. The molecule has 192 valence electrons. The lowest BCUT2D eigenvalue weighted by Gasteiger charge is -2.22. The first-order chi connectivity index (χ1) is 19.4. The van der Waals surface area contributed by atoms with E-state index in [4.69, 9.17) is 13.0 Å². The second-order valence-corrected chi connectivity index (χ2v) is 8.05. The highest BCUT2D eigenvalue weighted by atomic mass is 19.4. The highest BCUT2D eigenvalue weighted by molar-refractivity contribution is 6.04. The van der Waals surface area contributed by atoms with Crippen LogP contribution < -0.4 is 20.7 Å². The van der Waals surface area contributed by atoms with Gasteiger partial charge in [0.05, 0.1) is 33.4 Å². The van der Waals surface area contributed by atoms with Crippen molar-refractivity contribution in [1.82, 2.24) is 20.1 Å². The number of carbonyl (C=O) groups is 2. The van der Waals surface area contributed by atoms with E-state index in [2.05, 4.69) is 25.5 Å². The molecule has 2 aromatic heterocycles. The summed E-state index contributed by atoms with van der Waals surface area (Å²) >= 11 is 0. The Morgan fingerprint density at radius 3 is 2.72 bits per heavy atom. The van der Waals surface area contributed by atoms with Gasteiger partial charge in [0.2, 0.25) is 5.91 Å². The fraction of sp³-hybridized carbons (Fsp3) is 0.391. The molecule has 0 spiro atoms. The number of anilines is 3. The van der Waals surface area contributed by atoms with E-state index in [1.807, 2.05) is 5.32 Å². The molecule has 1 atom stereocenters. The van der Waals surface area contributed by atoms with Crippen molar-refractivity contribution in [1.29, 1.82) is 0 Å². The molecule has 1 saturated carbocycles. The van der Waals surface area contributed by atoms with Crippen molar-refractivity contribution < 1.29 is 40.5 Å². The van der Waals surface area contributed by atoms with Gasteiger partial charge in [0.1, 0.15) is 11.6 Å². The van der Waals surface area contributed by atoms with Crippen LogP contribution in [-0.2, 0) is 16.6 Å². The summed E-state index contributed by atoms with van der Waals surface area (Å²) in [6.45, 7) is -2.86. The summed E-state index contributed by atoms with van der Waals surface area (Å²) in [7, 11) is -0.854. The molecule has 36 heavy (non-hydrogen) atoms. The second-order valence-electron chi connectivity index (χ2n) is 8.05. The van der Waals surface area contributed by atoms with Crippen LogP contribution in [0.25, 0.3) is 10.9 Å². The van der Waals surface area contributed by atoms with Crippen molar-refractivity contribution in [3.8, 4) is 5.75 Å². The van der Waals surface area contributed by atoms with Gasteiger partial charge in [-0.25, -0.2) is 4.98 Å². The number of alkyl halides is 3. The van der Waals surface area contributed by atoms with Crippen LogP contribution in [0.4, 0.5) is 30.5 Å². The summed E-state index contributed by atoms with van der Waals surface area (Å²) in [6.07, 6.45) is -5.64. The Morgan fingerprint density at radius 1 is 1.31 bits per heavy atom. The number of methoxy groups -OCH3 is 2. The summed E-state index contributed by atoms with van der Waals surface area (Å²) in [5.41, 5.74) is -0.797. The van der Waals surface area contributed by atoms with Gasteiger partial charge in [0.15, 0.2) is 11.9 Å². The minimum Gasteiger partial charge on any atom is -0.496 e. The smallest absolute Gasteiger partial charge is 0.418 e. The molecule has 0 aliphatic heterocycles. The van der Waals surface area contributed by atoms with Crippen LogP contribution >= 0.6 is 0 Å². The van der Waals surface area contributed by atoms with E-state index < -0.39 is 43.5 Å². The molecule has 0 radical (unpaired) electrons. The fourth-order valence-electron chi connectivity index (χ4n) is 3.74. The van der Waals surface area contributed by atoms with Gasteiger partial charge in [-0.05, 0) is 18.9 Å². The molecule has 2 heterocycles. The summed E-state index contributed by atoms with van der Waals surface area (Å²) in [5.74, 6) is -2.12. The van der Waals surface area contributed by atoms with Crippen LogP contribution in [0.2, 0.25) is 0 Å². The van der Waals surface area contributed by atoms with Crippen molar-refractivity contribution in [3.05, 3.63) is 35.5 Å². The maximum atomic E-state index is 14.0. The van der Waals surface area contributed by atoms with Crippen LogP contribution in [0, 0.1) is 5.92 Å². The van der Waals surface area contributed by atoms with Gasteiger partial charge in [-0.2, -0.15) is 18.3 Å². The van der Waals surface area contributed by atoms with Gasteiger partial charge in [0, 0.05) is 48.9 Å². The molecule has 1 aliphatic carbocycles. The van der Waals surface area contributed by atoms with Crippen molar-refractivity contribution >= 4 is 40.0 Å². The third-order valence-corrected chi connectivity index (χ3v) is 5.62. The van der Waals surface area contributed by atoms with E-state index in [0.29, 0.717) is 12.8 Å². The van der Waals surface area contributed by atoms with Gasteiger partial charge < -0.3 is 25.4 Å². The van der Waals surface area contributed by atoms with E-state index in [1.54, 1.807) is 0 Å². The molecule has 13 heteroatoms. The number of ether oxygens (including phenoxy) is 2. The van der Waals surface area contributed by atoms with E-state index in [1.165, 1.54) is 23.9 Å². The molecule has 1 fully saturated rings. The van der Waals surface area contributed by atoms with Crippen LogP contribution in [0.1, 0.15) is 43.1 Å². The number of nitrogens with one attached hydrogen (secondary N) is 3. The molecule has 2 amide bonds. The number of pyridine rings is 1. The van der Waals surface area contributed by atoms with E-state index in [-0.39, 0.29) is 45.6 Å². The number of aromatic nitrogens is 3. The molecular weight excluding hydrogens is 481 g/mol. The Kier molecular flexibility index (Phi) is 4.93. The Bertz CT molecular complexity index is 1520. The lowest BCUT2D eigenvalue weighted by molar-refractivity contribution is -0.216. The third-order valence-electron chi connectivity index (χ3n) is 5.62. The Morgan fingerprint density at radius 2 is 2.08 bits per heavy atom. The number of benzene rings is 1. The zero-order valence-corrected chi connectivity index (χ0v) is 19.0. The fourth-order valence-corrected chi connectivity index (χ4v) is 3.74. The first-order valence-corrected chi connectivity index (χ1v) is 10.6. The number of hydrogen-bond acceptors (Lipinski definition) is 7. The maximum Gasteiger partial charge on any atom is 0.418 e. The minimum absolute atomic E-state index is 0.0101. The Hall–Kier alpha value is -3.87. The van der Waals surface area contributed by atoms with Crippen LogP contribution in [0.5, 0.6) is 5.75 Å². The minimum atomic E-state index is -5.15. The number of aryl methyl sites for hydroxylation is 1. The van der Waals surface area contributed by atoms with Crippen molar-refractivity contribution in [3.63, 3.8) is 0 Å². The molecule has 0 unspecified atom stereocenters. The molecule has 0 bridgehead atoms. The van der Waals surface area contributed by atoms with Gasteiger partial charge in [-0.1, -0.05) is 6.07 Å². The normalized spacial score (nSPS) is 17.6. The number of hydrogen-bond donors (Lipinski definition) is 3. The maximum absolute atomic E-state index is 14.0. The monoisotopic (exact) mass is 512 g/mol. The highest BCUT2D eigenvalue weighted by Gasteiger charge is 2.43. The van der Waals surface area contributed by atoms with Crippen molar-refractivity contribution in [2.24, 2.45) is 13.0 Å². The molecule has 3 N–H and O–H groups in total. The zero-order chi connectivity index (χ0) is 31.2. The molecule has 1 aliphatic rings. The first-order valence-electron chi connectivity index (χ1n) is 13.6. The van der Waals surface area contributed by atoms with Crippen molar-refractivity contribution in [2.75, 3.05) is 31.8 Å². The average molecular weight is 513 g/mol. The van der Waals surface area contributed by atoms with E-state index >= 15 is 0 Å². The average Bonchev–Trinajstić information content (AvgIpc) is 3.65. The SMILES string of the molecule is [2H]C([2H])([2H])NC(=O)c1cnc(NC(=O)C2CC2)cc1Nc1nn(C)c2ccc([C@H](OC([2H])([2H])[2H])C(F)(F)F)c(OC)c12. The molecule has 0 saturated heterocycles. The number of halogens is 3. The standard InChI is InChI=1S/C23H25F3N6O4/c1-27-22(34)13-10-28-16(30-21(33)11-5-6-11)9-14(13)29-20-17-15(32(2)31-20)8-7-12(18(17)35-3)19(36-4)23(24,25)26/h7-11,19H,5-6H2,1-4H3,(H,27,34)(H2,28,29,30,31,33)/t19-/m0/s1/i1D3,4D3. The second kappa shape index (κ2) is 9.64. The number of nitrogens with zero attached hydrogens (tertiary/aromatic N) is 3. The molecule has 10 nitrogen and oxygen atoms in total. The lowest BCUT2D eigenvalue weighted by atomic mass is 10.0. The van der Waals surface area contributed by atoms with Gasteiger partial charge in [-0.3, -0.25) is 14.3 Å². The van der Waals surface area contributed by atoms with E-state index in [9.17, 15) is 22.8 Å². The lowest BCUT2D eigenvalue weighted by Crippen LogP contribution is -2.23. The van der Waals surface area contributed by atoms with Gasteiger partial charge >= 0.3 is 6.18 Å². The number of rotatable bonds is 8. The summed E-state index contributed by atoms with van der Waals surface area (Å²) in [5, 5.41) is 11.5. The largest absolute Gasteiger partial charge is 0.496 e. The quantitative estimate of drug-likeness (QED) is 0.421. The molecular formula is C23H25F3N6O4. The van der Waals surface area contributed by atoms with Crippen molar-refractivity contribution in [2.45, 2.75) is 25.1 Å². The molecule has 4 rings (SSSR count). The Labute approximate surface area is 212 Å². The first kappa shape index (κ1) is 18.4. The highest BCUT2D eigenvalue weighted by Crippen LogP contribution is 2.44. The van der Waals surface area contributed by atoms with Crippen LogP contribution in [0.15, 0.2) is 24.4 Å². The van der Waals surface area contributed by atoms with Crippen LogP contribution in [0.3, 0.4) is 0 Å². The summed E-state index contributed by atoms with van der Waals surface area (Å²) in [4.78, 5) is 29.1. The predicted molar refractivity (Wildman–Crippen MR) is 125 cm³/mol. The number of fused-ring (bicyclic) bond motifs is 1. The number of carbonyl (C=O) groups excluding carboxylic acids is 2. The Balaban J connectivity index is 1.85. The van der Waals surface area contributed by atoms with Gasteiger partial charge in [-0.15, -0.1) is 0 Å². The van der Waals surface area contributed by atoms with Crippen LogP contribution in [-0.4, -0.2) is 53.9 Å². The third kappa shape index (κ3) is 4.78. The number of amides is 2. The van der Waals surface area contributed by atoms with Gasteiger partial charge in [0.25, 0.3) is 5.91 Å². The molecule has 3 aromatic rings. The summed E-state index contributed by atoms with van der Waals surface area (Å²) < 4.78 is 96.8. The summed E-state index contributed by atoms with van der Waals surface area (Å²) in [6, 6.07) is 3.49.